The Labute approximate surface area is 102 Å². The number of aryl methyl sites for hydroxylation is 1. The van der Waals surface area contributed by atoms with Gasteiger partial charge in [-0.25, -0.2) is 0 Å². The molecule has 1 heterocycles. The van der Waals surface area contributed by atoms with Crippen LogP contribution in [0, 0.1) is 13.8 Å². The molecular weight excluding hydrogens is 206 g/mol. The maximum atomic E-state index is 3.51. The highest BCUT2D eigenvalue weighted by Gasteiger charge is 2.10. The third kappa shape index (κ3) is 1.64. The summed E-state index contributed by atoms with van der Waals surface area (Å²) in [5.74, 6) is 0. The molecule has 0 bridgehead atoms. The van der Waals surface area contributed by atoms with E-state index in [-0.39, 0.29) is 0 Å². The van der Waals surface area contributed by atoms with Crippen molar-refractivity contribution in [1.29, 1.82) is 0 Å². The topological polar surface area (TPSA) is 12.0 Å². The van der Waals surface area contributed by atoms with E-state index >= 15 is 0 Å². The normalized spacial score (nSPS) is 12.4. The first-order chi connectivity index (χ1) is 8.25. The summed E-state index contributed by atoms with van der Waals surface area (Å²) in [5, 5.41) is 3.51. The zero-order valence-electron chi connectivity index (χ0n) is 10.1. The van der Waals surface area contributed by atoms with Crippen molar-refractivity contribution in [2.75, 3.05) is 5.32 Å². The fourth-order valence-electron chi connectivity index (χ4n) is 2.24. The van der Waals surface area contributed by atoms with Gasteiger partial charge < -0.3 is 5.32 Å². The van der Waals surface area contributed by atoms with Gasteiger partial charge in [0, 0.05) is 16.9 Å². The zero-order valence-corrected chi connectivity index (χ0v) is 10.1. The molecule has 0 aliphatic carbocycles. The van der Waals surface area contributed by atoms with Crippen LogP contribution in [-0.4, -0.2) is 0 Å². The van der Waals surface area contributed by atoms with Gasteiger partial charge in [0.05, 0.1) is 0 Å². The van der Waals surface area contributed by atoms with E-state index in [0.29, 0.717) is 0 Å². The van der Waals surface area contributed by atoms with Gasteiger partial charge in [-0.1, -0.05) is 36.4 Å². The first-order valence-corrected chi connectivity index (χ1v) is 5.90. The molecule has 0 atom stereocenters. The molecule has 0 saturated heterocycles. The second kappa shape index (κ2) is 3.77. The quantitative estimate of drug-likeness (QED) is 0.588. The number of rotatable bonds is 0. The largest absolute Gasteiger partial charge is 0.355 e. The van der Waals surface area contributed by atoms with Crippen LogP contribution in [0.1, 0.15) is 22.3 Å². The third-order valence-electron chi connectivity index (χ3n) is 3.45. The second-order valence-corrected chi connectivity index (χ2v) is 4.51. The number of anilines is 2. The van der Waals surface area contributed by atoms with Crippen LogP contribution in [0.3, 0.4) is 0 Å². The number of para-hydroxylation sites is 1. The standard InChI is InChI=1S/C16H15N/c1-11-7-10-16-14(12(11)2)9-8-13-5-3-4-6-15(13)17-16/h3-10,17H,1-2H3. The van der Waals surface area contributed by atoms with Crippen LogP contribution in [-0.2, 0) is 0 Å². The molecular formula is C16H15N. The van der Waals surface area contributed by atoms with E-state index in [1.54, 1.807) is 0 Å². The Hall–Kier alpha value is -2.02. The van der Waals surface area contributed by atoms with E-state index < -0.39 is 0 Å². The van der Waals surface area contributed by atoms with Gasteiger partial charge in [-0.05, 0) is 42.7 Å². The predicted molar refractivity (Wildman–Crippen MR) is 74.6 cm³/mol. The molecule has 1 N–H and O–H groups in total. The van der Waals surface area contributed by atoms with Crippen LogP contribution in [0.15, 0.2) is 36.4 Å². The molecule has 2 aromatic carbocycles. The summed E-state index contributed by atoms with van der Waals surface area (Å²) < 4.78 is 0. The van der Waals surface area contributed by atoms with Crippen LogP contribution in [0.2, 0.25) is 0 Å². The van der Waals surface area contributed by atoms with E-state index in [1.807, 2.05) is 0 Å². The summed E-state index contributed by atoms with van der Waals surface area (Å²) in [6.45, 7) is 4.33. The Morgan fingerprint density at radius 3 is 2.53 bits per heavy atom. The fraction of sp³-hybridized carbons (Fsp3) is 0.125. The highest BCUT2D eigenvalue weighted by atomic mass is 14.9. The number of hydrogen-bond donors (Lipinski definition) is 1. The molecule has 0 aromatic heterocycles. The lowest BCUT2D eigenvalue weighted by molar-refractivity contribution is 1.32. The van der Waals surface area contributed by atoms with Gasteiger partial charge in [-0.3, -0.25) is 0 Å². The van der Waals surface area contributed by atoms with E-state index in [9.17, 15) is 0 Å². The minimum atomic E-state index is 1.17. The second-order valence-electron chi connectivity index (χ2n) is 4.51. The molecule has 0 radical (unpaired) electrons. The third-order valence-corrected chi connectivity index (χ3v) is 3.45. The van der Waals surface area contributed by atoms with Gasteiger partial charge >= 0.3 is 0 Å². The molecule has 1 aliphatic heterocycles. The summed E-state index contributed by atoms with van der Waals surface area (Å²) in [6, 6.07) is 12.7. The van der Waals surface area contributed by atoms with E-state index in [2.05, 4.69) is 67.7 Å². The van der Waals surface area contributed by atoms with Crippen LogP contribution < -0.4 is 5.32 Å². The Morgan fingerprint density at radius 1 is 0.824 bits per heavy atom. The molecule has 17 heavy (non-hydrogen) atoms. The van der Waals surface area contributed by atoms with Crippen LogP contribution in [0.5, 0.6) is 0 Å². The Kier molecular flexibility index (Phi) is 2.25. The van der Waals surface area contributed by atoms with Crippen molar-refractivity contribution in [3.05, 3.63) is 58.7 Å². The van der Waals surface area contributed by atoms with Crippen LogP contribution >= 0.6 is 0 Å². The lowest BCUT2D eigenvalue weighted by atomic mass is 10.0. The van der Waals surface area contributed by atoms with Crippen molar-refractivity contribution in [3.8, 4) is 0 Å². The fourth-order valence-corrected chi connectivity index (χ4v) is 2.24. The molecule has 0 saturated carbocycles. The predicted octanol–water partition coefficient (Wildman–Crippen LogP) is 4.53. The van der Waals surface area contributed by atoms with Gasteiger partial charge in [0.1, 0.15) is 0 Å². The lowest BCUT2D eigenvalue weighted by Crippen LogP contribution is -1.95. The first-order valence-electron chi connectivity index (χ1n) is 5.90. The van der Waals surface area contributed by atoms with Gasteiger partial charge in [0.2, 0.25) is 0 Å². The van der Waals surface area contributed by atoms with E-state index in [0.717, 1.165) is 0 Å². The highest BCUT2D eigenvalue weighted by Crippen LogP contribution is 2.32. The number of benzene rings is 2. The summed E-state index contributed by atoms with van der Waals surface area (Å²) in [6.07, 6.45) is 4.39. The monoisotopic (exact) mass is 221 g/mol. The van der Waals surface area contributed by atoms with Crippen molar-refractivity contribution >= 4 is 23.5 Å². The van der Waals surface area contributed by atoms with Crippen molar-refractivity contribution in [2.45, 2.75) is 13.8 Å². The van der Waals surface area contributed by atoms with Gasteiger partial charge in [0.15, 0.2) is 0 Å². The summed E-state index contributed by atoms with van der Waals surface area (Å²) in [4.78, 5) is 0. The maximum absolute atomic E-state index is 3.51. The average Bonchev–Trinajstić information content (AvgIpc) is 2.53. The molecule has 2 aromatic rings. The molecule has 3 rings (SSSR count). The van der Waals surface area contributed by atoms with Gasteiger partial charge in [-0.2, -0.15) is 0 Å². The van der Waals surface area contributed by atoms with E-state index in [4.69, 9.17) is 0 Å². The van der Waals surface area contributed by atoms with Crippen LogP contribution in [0.4, 0.5) is 11.4 Å². The molecule has 1 aliphatic rings. The molecule has 0 amide bonds. The Balaban J connectivity index is 2.22. The average molecular weight is 221 g/mol. The van der Waals surface area contributed by atoms with Crippen LogP contribution in [0.25, 0.3) is 12.2 Å². The first kappa shape index (κ1) is 10.2. The summed E-state index contributed by atoms with van der Waals surface area (Å²) in [7, 11) is 0. The molecule has 0 spiro atoms. The molecule has 84 valence electrons. The summed E-state index contributed by atoms with van der Waals surface area (Å²) in [5.41, 5.74) is 7.57. The number of fused-ring (bicyclic) bond motifs is 2. The van der Waals surface area contributed by atoms with Crippen molar-refractivity contribution < 1.29 is 0 Å². The molecule has 1 nitrogen and oxygen atoms in total. The van der Waals surface area contributed by atoms with Crippen molar-refractivity contribution in [2.24, 2.45) is 0 Å². The molecule has 1 heteroatoms. The smallest absolute Gasteiger partial charge is 0.0460 e. The lowest BCUT2D eigenvalue weighted by Gasteiger charge is -2.12. The van der Waals surface area contributed by atoms with Crippen molar-refractivity contribution in [3.63, 3.8) is 0 Å². The van der Waals surface area contributed by atoms with Gasteiger partial charge in [0.25, 0.3) is 0 Å². The van der Waals surface area contributed by atoms with Crippen molar-refractivity contribution in [1.82, 2.24) is 0 Å². The van der Waals surface area contributed by atoms with Gasteiger partial charge in [-0.15, -0.1) is 0 Å². The Morgan fingerprint density at radius 2 is 1.65 bits per heavy atom. The minimum absolute atomic E-state index is 1.17. The highest BCUT2D eigenvalue weighted by molar-refractivity contribution is 5.88. The Bertz CT molecular complexity index is 609. The SMILES string of the molecule is Cc1ccc2c(c1C)C=Cc1ccccc1N2. The minimum Gasteiger partial charge on any atom is -0.355 e. The molecule has 0 unspecified atom stereocenters. The van der Waals surface area contributed by atoms with E-state index in [1.165, 1.54) is 33.6 Å². The number of nitrogens with one attached hydrogen (secondary N) is 1. The number of hydrogen-bond acceptors (Lipinski definition) is 1. The molecule has 0 fully saturated rings. The maximum Gasteiger partial charge on any atom is 0.0460 e. The summed E-state index contributed by atoms with van der Waals surface area (Å²) >= 11 is 0. The zero-order chi connectivity index (χ0) is 11.8.